The number of nitrogens with one attached hydrogen (secondary N) is 1. The van der Waals surface area contributed by atoms with Crippen LogP contribution in [0, 0.1) is 0 Å². The molecule has 0 aliphatic rings. The minimum absolute atomic E-state index is 0.160. The van der Waals surface area contributed by atoms with Crippen molar-refractivity contribution in [2.45, 2.75) is 16.6 Å². The number of hydrogen-bond acceptors (Lipinski definition) is 3. The maximum atomic E-state index is 12.5. The molecule has 2 rings (SSSR count). The summed E-state index contributed by atoms with van der Waals surface area (Å²) in [6.45, 7) is 0. The third-order valence-electron chi connectivity index (χ3n) is 2.64. The average Bonchev–Trinajstić information content (AvgIpc) is 2.38. The summed E-state index contributed by atoms with van der Waals surface area (Å²) in [6.07, 6.45) is -4.93. The van der Waals surface area contributed by atoms with Gasteiger partial charge in [-0.1, -0.05) is 11.6 Å². The summed E-state index contributed by atoms with van der Waals surface area (Å²) < 4.78 is 74.8. The van der Waals surface area contributed by atoms with Gasteiger partial charge < -0.3 is 4.98 Å². The summed E-state index contributed by atoms with van der Waals surface area (Å²) in [4.78, 5) is 24.6. The van der Waals surface area contributed by atoms with Gasteiger partial charge in [-0.3, -0.25) is 4.79 Å². The number of aromatic nitrogens is 2. The van der Waals surface area contributed by atoms with Gasteiger partial charge in [0.1, 0.15) is 5.69 Å². The molecular weight excluding hydrogens is 386 g/mol. The van der Waals surface area contributed by atoms with Gasteiger partial charge in [0.05, 0.1) is 10.7 Å². The van der Waals surface area contributed by atoms with E-state index >= 15 is 0 Å². The van der Waals surface area contributed by atoms with Gasteiger partial charge in [0.15, 0.2) is 0 Å². The zero-order valence-electron chi connectivity index (χ0n) is 11.1. The number of aromatic amines is 1. The predicted octanol–water partition coefficient (Wildman–Crippen LogP) is 3.81. The Morgan fingerprint density at radius 2 is 1.67 bits per heavy atom. The summed E-state index contributed by atoms with van der Waals surface area (Å²) in [7, 11) is 0. The molecule has 24 heavy (non-hydrogen) atoms. The normalized spacial score (nSPS) is 12.5. The first-order chi connectivity index (χ1) is 10.9. The number of rotatable bonds is 2. The van der Waals surface area contributed by atoms with Gasteiger partial charge in [0.25, 0.3) is 5.56 Å². The molecule has 12 heteroatoms. The van der Waals surface area contributed by atoms with Crippen LogP contribution in [0.25, 0.3) is 5.69 Å². The largest absolute Gasteiger partial charge is 0.446 e. The molecule has 1 aromatic heterocycles. The van der Waals surface area contributed by atoms with E-state index in [0.717, 1.165) is 18.2 Å². The molecule has 2 aromatic rings. The molecule has 0 bridgehead atoms. The number of halogens is 7. The third-order valence-corrected chi connectivity index (χ3v) is 3.87. The van der Waals surface area contributed by atoms with Gasteiger partial charge in [0, 0.05) is 11.0 Å². The van der Waals surface area contributed by atoms with E-state index in [1.807, 2.05) is 0 Å². The number of benzene rings is 1. The maximum Gasteiger partial charge on any atom is 0.446 e. The minimum Gasteiger partial charge on any atom is -0.303 e. The van der Waals surface area contributed by atoms with Gasteiger partial charge in [-0.2, -0.15) is 26.3 Å². The van der Waals surface area contributed by atoms with E-state index in [1.54, 1.807) is 0 Å². The minimum atomic E-state index is -4.93. The van der Waals surface area contributed by atoms with Gasteiger partial charge in [-0.25, -0.2) is 9.36 Å². The average molecular weight is 391 g/mol. The molecule has 1 aromatic carbocycles. The lowest BCUT2D eigenvalue weighted by Gasteiger charge is -2.11. The van der Waals surface area contributed by atoms with Gasteiger partial charge in [0.2, 0.25) is 0 Å². The number of nitrogens with zero attached hydrogens (tertiary/aromatic N) is 1. The highest BCUT2D eigenvalue weighted by Crippen LogP contribution is 2.40. The van der Waals surface area contributed by atoms with Crippen LogP contribution in [0.15, 0.2) is 38.8 Å². The van der Waals surface area contributed by atoms with Gasteiger partial charge in [-0.05, 0) is 30.0 Å². The molecule has 0 atom stereocenters. The molecule has 0 aliphatic heterocycles. The number of alkyl halides is 6. The number of thioether (sulfide) groups is 1. The molecular formula is C12H5ClF6N2O2S. The second-order valence-corrected chi connectivity index (χ2v) is 5.84. The van der Waals surface area contributed by atoms with Gasteiger partial charge >= 0.3 is 17.4 Å². The van der Waals surface area contributed by atoms with Crippen molar-refractivity contribution in [1.29, 1.82) is 0 Å². The lowest BCUT2D eigenvalue weighted by Crippen LogP contribution is -2.35. The van der Waals surface area contributed by atoms with Crippen LogP contribution >= 0.6 is 23.4 Å². The van der Waals surface area contributed by atoms with Crippen LogP contribution < -0.4 is 11.2 Å². The smallest absolute Gasteiger partial charge is 0.303 e. The first-order valence-electron chi connectivity index (χ1n) is 5.88. The Morgan fingerprint density at radius 3 is 2.12 bits per heavy atom. The molecule has 1 N–H and O–H groups in total. The molecule has 0 amide bonds. The van der Waals surface area contributed by atoms with E-state index in [9.17, 15) is 35.9 Å². The summed E-state index contributed by atoms with van der Waals surface area (Å²) in [5, 5.41) is -0.416. The van der Waals surface area contributed by atoms with Crippen molar-refractivity contribution in [2.75, 3.05) is 0 Å². The highest BCUT2D eigenvalue weighted by atomic mass is 35.5. The topological polar surface area (TPSA) is 54.9 Å². The van der Waals surface area contributed by atoms with Crippen LogP contribution in [0.1, 0.15) is 5.69 Å². The van der Waals surface area contributed by atoms with E-state index in [1.165, 1.54) is 4.98 Å². The van der Waals surface area contributed by atoms with Crippen molar-refractivity contribution in [1.82, 2.24) is 9.55 Å². The van der Waals surface area contributed by atoms with Crippen molar-refractivity contribution >= 4 is 23.4 Å². The summed E-state index contributed by atoms with van der Waals surface area (Å²) in [6, 6.07) is 2.90. The second-order valence-electron chi connectivity index (χ2n) is 4.32. The standard InChI is InChI=1S/C12H5ClF6N2O2S/c13-6-3-5(1-2-7(6)24-12(17,18)19)21-9(22)4-8(11(14,15)16)20-10(21)23/h1-4H,(H,20,23). The molecule has 0 aliphatic carbocycles. The van der Waals surface area contributed by atoms with Crippen molar-refractivity contribution in [3.8, 4) is 5.69 Å². The first-order valence-corrected chi connectivity index (χ1v) is 7.07. The Hall–Kier alpha value is -1.88. The van der Waals surface area contributed by atoms with Crippen LogP contribution in [0.3, 0.4) is 0 Å². The summed E-state index contributed by atoms with van der Waals surface area (Å²) >= 11 is 5.16. The maximum absolute atomic E-state index is 12.5. The van der Waals surface area contributed by atoms with Crippen LogP contribution in [0.2, 0.25) is 5.02 Å². The molecule has 0 saturated heterocycles. The van der Waals surface area contributed by atoms with E-state index < -0.39 is 45.4 Å². The zero-order valence-corrected chi connectivity index (χ0v) is 12.7. The molecule has 0 radical (unpaired) electrons. The zero-order chi connectivity index (χ0) is 18.3. The van der Waals surface area contributed by atoms with E-state index in [4.69, 9.17) is 11.6 Å². The van der Waals surface area contributed by atoms with Crippen molar-refractivity contribution in [3.63, 3.8) is 0 Å². The SMILES string of the molecule is O=c1cc(C(F)(F)F)[nH]c(=O)n1-c1ccc(SC(F)(F)F)c(Cl)c1. The van der Waals surface area contributed by atoms with Crippen LogP contribution in [-0.4, -0.2) is 15.1 Å². The quantitative estimate of drug-likeness (QED) is 0.626. The molecule has 0 unspecified atom stereocenters. The predicted molar refractivity (Wildman–Crippen MR) is 74.6 cm³/mol. The Labute approximate surface area is 138 Å². The van der Waals surface area contributed by atoms with Crippen LogP contribution in [-0.2, 0) is 6.18 Å². The van der Waals surface area contributed by atoms with E-state index in [-0.39, 0.29) is 16.6 Å². The van der Waals surface area contributed by atoms with E-state index in [2.05, 4.69) is 0 Å². The van der Waals surface area contributed by atoms with Crippen LogP contribution in [0.4, 0.5) is 26.3 Å². The monoisotopic (exact) mass is 390 g/mol. The fourth-order valence-electron chi connectivity index (χ4n) is 1.73. The lowest BCUT2D eigenvalue weighted by atomic mass is 10.3. The lowest BCUT2D eigenvalue weighted by molar-refractivity contribution is -0.141. The van der Waals surface area contributed by atoms with Crippen molar-refractivity contribution in [2.24, 2.45) is 0 Å². The molecule has 0 fully saturated rings. The second kappa shape index (κ2) is 6.20. The Morgan fingerprint density at radius 1 is 1.04 bits per heavy atom. The Bertz CT molecular complexity index is 856. The summed E-state index contributed by atoms with van der Waals surface area (Å²) in [5.41, 5.74) is -9.12. The molecule has 1 heterocycles. The summed E-state index contributed by atoms with van der Waals surface area (Å²) in [5.74, 6) is 0. The van der Waals surface area contributed by atoms with E-state index in [0.29, 0.717) is 4.57 Å². The van der Waals surface area contributed by atoms with Gasteiger partial charge in [-0.15, -0.1) is 0 Å². The Kier molecular flexibility index (Phi) is 4.77. The molecule has 0 spiro atoms. The Balaban J connectivity index is 2.52. The fraction of sp³-hybridized carbons (Fsp3) is 0.167. The fourth-order valence-corrected chi connectivity index (χ4v) is 2.56. The molecule has 130 valence electrons. The van der Waals surface area contributed by atoms with Crippen molar-refractivity contribution in [3.05, 3.63) is 55.8 Å². The number of H-pyrrole nitrogens is 1. The number of hydrogen-bond donors (Lipinski definition) is 1. The third kappa shape index (κ3) is 4.15. The van der Waals surface area contributed by atoms with Crippen molar-refractivity contribution < 1.29 is 26.3 Å². The van der Waals surface area contributed by atoms with Crippen LogP contribution in [0.5, 0.6) is 0 Å². The highest BCUT2D eigenvalue weighted by molar-refractivity contribution is 8.00. The highest BCUT2D eigenvalue weighted by Gasteiger charge is 2.33. The molecule has 0 saturated carbocycles. The molecule has 4 nitrogen and oxygen atoms in total. The first kappa shape index (κ1) is 18.5.